The maximum absolute atomic E-state index is 9.50. The number of anilines is 6. The molecule has 62 heavy (non-hydrogen) atoms. The molecule has 2 aliphatic heterocycles. The van der Waals surface area contributed by atoms with Crippen LogP contribution in [0.3, 0.4) is 0 Å². The van der Waals surface area contributed by atoms with Crippen molar-refractivity contribution in [2.24, 2.45) is 11.8 Å². The molecule has 4 rings (SSSR count). The van der Waals surface area contributed by atoms with Gasteiger partial charge < -0.3 is 51.8 Å². The van der Waals surface area contributed by atoms with Crippen LogP contribution in [0.4, 0.5) is 35.7 Å². The first-order valence-electron chi connectivity index (χ1n) is 23.3. The summed E-state index contributed by atoms with van der Waals surface area (Å²) in [7, 11) is 3.53. The summed E-state index contributed by atoms with van der Waals surface area (Å²) < 4.78 is 0. The summed E-state index contributed by atoms with van der Waals surface area (Å²) in [5.74, 6) is 3.73. The largest absolute Gasteiger partial charge is 0.395 e. The molecular weight excluding hydrogens is 789 g/mol. The molecule has 0 spiro atoms. The van der Waals surface area contributed by atoms with Crippen molar-refractivity contribution in [1.29, 1.82) is 0 Å². The highest BCUT2D eigenvalue weighted by molar-refractivity contribution is 5.44. The van der Waals surface area contributed by atoms with E-state index in [1.54, 1.807) is 14.2 Å². The van der Waals surface area contributed by atoms with Crippen LogP contribution in [0, 0.1) is 11.8 Å². The first kappa shape index (κ1) is 51.2. The Morgan fingerprint density at radius 1 is 0.500 bits per heavy atom. The van der Waals surface area contributed by atoms with Crippen molar-refractivity contribution >= 4 is 35.7 Å². The number of hydroxylamine groups is 4. The number of hydrogen-bond donors (Lipinski definition) is 8. The first-order valence-corrected chi connectivity index (χ1v) is 23.3. The van der Waals surface area contributed by atoms with Gasteiger partial charge in [0.15, 0.2) is 0 Å². The van der Waals surface area contributed by atoms with Crippen molar-refractivity contribution in [1.82, 2.24) is 40.0 Å². The molecule has 0 bridgehead atoms. The molecule has 354 valence electrons. The van der Waals surface area contributed by atoms with E-state index >= 15 is 0 Å². The summed E-state index contributed by atoms with van der Waals surface area (Å²) in [5, 5.41) is 43.8. The van der Waals surface area contributed by atoms with Gasteiger partial charge in [-0.1, -0.05) is 39.5 Å². The highest BCUT2D eigenvalue weighted by Crippen LogP contribution is 2.45. The fourth-order valence-electron chi connectivity index (χ4n) is 10.6. The highest BCUT2D eigenvalue weighted by Gasteiger charge is 2.49. The Labute approximate surface area is 372 Å². The van der Waals surface area contributed by atoms with E-state index in [4.69, 9.17) is 29.6 Å². The summed E-state index contributed by atoms with van der Waals surface area (Å²) in [5.41, 5.74) is -0.513. The number of aliphatic hydroxyl groups is 2. The summed E-state index contributed by atoms with van der Waals surface area (Å²) in [6.07, 6.45) is 11.9. The van der Waals surface area contributed by atoms with E-state index in [2.05, 4.69) is 121 Å². The van der Waals surface area contributed by atoms with Gasteiger partial charge >= 0.3 is 0 Å². The fraction of sp³-hybridized carbons (Fsp3) is 0.864. The quantitative estimate of drug-likeness (QED) is 0.0435. The van der Waals surface area contributed by atoms with Crippen LogP contribution < -0.4 is 31.9 Å². The van der Waals surface area contributed by atoms with Gasteiger partial charge in [-0.2, -0.15) is 40.0 Å². The zero-order valence-corrected chi connectivity index (χ0v) is 40.3. The van der Waals surface area contributed by atoms with E-state index in [0.717, 1.165) is 77.0 Å². The second-order valence-corrected chi connectivity index (χ2v) is 19.8. The van der Waals surface area contributed by atoms with Gasteiger partial charge in [0, 0.05) is 60.4 Å². The molecule has 18 heteroatoms. The summed E-state index contributed by atoms with van der Waals surface area (Å²) in [6.45, 7) is 24.5. The molecule has 4 heterocycles. The molecule has 0 aromatic carbocycles. The van der Waals surface area contributed by atoms with Crippen molar-refractivity contribution in [3.8, 4) is 0 Å². The number of nitrogens with one attached hydrogen (secondary N) is 6. The number of hydrogen-bond acceptors (Lipinski definition) is 18. The van der Waals surface area contributed by atoms with Crippen LogP contribution in [0.1, 0.15) is 146 Å². The van der Waals surface area contributed by atoms with E-state index in [0.29, 0.717) is 73.7 Å². The van der Waals surface area contributed by atoms with Crippen molar-refractivity contribution in [3.63, 3.8) is 0 Å². The molecule has 18 nitrogen and oxygen atoms in total. The summed E-state index contributed by atoms with van der Waals surface area (Å²) in [4.78, 5) is 40.0. The fourth-order valence-corrected chi connectivity index (χ4v) is 10.6. The van der Waals surface area contributed by atoms with Crippen LogP contribution in [0.5, 0.6) is 0 Å². The summed E-state index contributed by atoms with van der Waals surface area (Å²) in [6, 6.07) is 0.359. The Morgan fingerprint density at radius 2 is 0.790 bits per heavy atom. The van der Waals surface area contributed by atoms with Gasteiger partial charge in [-0.25, -0.2) is 0 Å². The second-order valence-electron chi connectivity index (χ2n) is 19.8. The number of piperidine rings is 2. The smallest absolute Gasteiger partial charge is 0.229 e. The monoisotopic (exact) mass is 873 g/mol. The van der Waals surface area contributed by atoms with E-state index in [1.165, 1.54) is 0 Å². The molecule has 0 saturated carbocycles. The minimum atomic E-state index is -0.128. The highest BCUT2D eigenvalue weighted by atomic mass is 16.7. The molecule has 0 radical (unpaired) electrons. The van der Waals surface area contributed by atoms with Gasteiger partial charge in [0.1, 0.15) is 0 Å². The van der Waals surface area contributed by atoms with Crippen LogP contribution in [0.2, 0.25) is 0 Å². The van der Waals surface area contributed by atoms with Gasteiger partial charge in [0.05, 0.1) is 27.4 Å². The normalized spacial score (nSPS) is 20.0. The van der Waals surface area contributed by atoms with Crippen molar-refractivity contribution in [2.75, 3.05) is 85.5 Å². The maximum atomic E-state index is 9.50. The third kappa shape index (κ3) is 14.6. The Bertz CT molecular complexity index is 1480. The second kappa shape index (κ2) is 23.5. The van der Waals surface area contributed by atoms with Crippen LogP contribution in [0.25, 0.3) is 0 Å². The van der Waals surface area contributed by atoms with Gasteiger partial charge in [-0.05, 0) is 119 Å². The Kier molecular flexibility index (Phi) is 19.4. The topological polar surface area (TPSA) is 215 Å². The van der Waals surface area contributed by atoms with Crippen LogP contribution >= 0.6 is 0 Å². The zero-order chi connectivity index (χ0) is 45.6. The van der Waals surface area contributed by atoms with E-state index in [-0.39, 0.29) is 47.5 Å². The molecule has 2 saturated heterocycles. The van der Waals surface area contributed by atoms with E-state index in [1.807, 2.05) is 0 Å². The lowest BCUT2D eigenvalue weighted by Gasteiger charge is -2.54. The molecule has 2 atom stereocenters. The Morgan fingerprint density at radius 3 is 1.06 bits per heavy atom. The minimum Gasteiger partial charge on any atom is -0.395 e. The van der Waals surface area contributed by atoms with E-state index in [9.17, 15) is 10.2 Å². The average molecular weight is 873 g/mol. The zero-order valence-electron chi connectivity index (χ0n) is 40.3. The van der Waals surface area contributed by atoms with Crippen molar-refractivity contribution in [2.45, 2.75) is 181 Å². The third-order valence-electron chi connectivity index (χ3n) is 12.3. The predicted molar refractivity (Wildman–Crippen MR) is 250 cm³/mol. The Hall–Kier alpha value is -3.42. The van der Waals surface area contributed by atoms with Gasteiger partial charge in [-0.3, -0.25) is 0 Å². The molecule has 2 aromatic heterocycles. The number of aliphatic hydroxyl groups excluding tert-OH is 2. The van der Waals surface area contributed by atoms with Gasteiger partial charge in [-0.15, -0.1) is 0 Å². The molecule has 2 aromatic rings. The third-order valence-corrected chi connectivity index (χ3v) is 12.3. The predicted octanol–water partition coefficient (Wildman–Crippen LogP) is 6.77. The lowest BCUT2D eigenvalue weighted by Crippen LogP contribution is -2.61. The Balaban J connectivity index is 1.32. The SMILES string of the molecule is CCCC(Nc1nc(NCCO)nc(NCCCCCCNc2nc(NCCO)nc(NC(CCC)C3CC(C)(C)N(OC)C(C)(C)C3)n2)n1)C1CC(C)(C)N(OC)C(C)(C)C1. The number of rotatable bonds is 27. The molecule has 0 amide bonds. The molecule has 2 unspecified atom stereocenters. The number of nitrogens with zero attached hydrogens (tertiary/aromatic N) is 8. The molecular formula is C44H84N14O4. The molecule has 0 aliphatic carbocycles. The van der Waals surface area contributed by atoms with Crippen molar-refractivity contribution in [3.05, 3.63) is 0 Å². The number of unbranched alkanes of at least 4 members (excludes halogenated alkanes) is 3. The minimum absolute atomic E-state index is 0.0221. The van der Waals surface area contributed by atoms with Crippen LogP contribution in [-0.2, 0) is 9.68 Å². The lowest BCUT2D eigenvalue weighted by atomic mass is 9.71. The molecule has 2 fully saturated rings. The number of aromatic nitrogens is 6. The van der Waals surface area contributed by atoms with Crippen molar-refractivity contribution < 1.29 is 19.9 Å². The molecule has 8 N–H and O–H groups in total. The van der Waals surface area contributed by atoms with E-state index < -0.39 is 0 Å². The lowest BCUT2D eigenvalue weighted by molar-refractivity contribution is -0.272. The van der Waals surface area contributed by atoms with Gasteiger partial charge in [0.25, 0.3) is 0 Å². The summed E-state index contributed by atoms with van der Waals surface area (Å²) >= 11 is 0. The maximum Gasteiger partial charge on any atom is 0.229 e. The van der Waals surface area contributed by atoms with Crippen LogP contribution in [0.15, 0.2) is 0 Å². The standard InChI is InChI=1S/C44H84N14O4/c1-13-19-33(31-27-41(3,4)57(61-11)42(5,6)28-31)49-39-53-35(51-37(55-39)47-23-25-59)45-21-17-15-16-18-22-46-36-52-38(48-24-26-60)56-40(54-36)50-34(20-14-2)32-29-43(7,8)58(62-12)44(9,10)30-32/h31-34,59-60H,13-30H2,1-12H3,(H3,45,47,49,51,53,55)(H3,46,48,50,52,54,56). The average Bonchev–Trinajstić information content (AvgIpc) is 3.18. The molecule has 2 aliphatic rings. The van der Waals surface area contributed by atoms with Crippen LogP contribution in [-0.4, -0.2) is 138 Å². The van der Waals surface area contributed by atoms with Gasteiger partial charge in [0.2, 0.25) is 35.7 Å². The first-order chi connectivity index (χ1) is 29.4.